The Balaban J connectivity index is 1.91. The molecule has 3 aromatic rings. The van der Waals surface area contributed by atoms with Gasteiger partial charge in [-0.1, -0.05) is 67.0 Å². The molecule has 1 heterocycles. The standard InChI is InChI=1S/C21H20BrNO/c1-21(2,3)17-12-18(22)14-19(13-17)24-20-11-16(9-10-23-20)15-7-5-4-6-8-15/h4-14H,1-3H3. The fourth-order valence-electron chi connectivity index (χ4n) is 2.45. The van der Waals surface area contributed by atoms with Crippen molar-refractivity contribution in [3.05, 3.63) is 76.9 Å². The summed E-state index contributed by atoms with van der Waals surface area (Å²) in [5, 5.41) is 0. The van der Waals surface area contributed by atoms with Crippen LogP contribution >= 0.6 is 15.9 Å². The summed E-state index contributed by atoms with van der Waals surface area (Å²) in [6.45, 7) is 6.56. The van der Waals surface area contributed by atoms with Crippen molar-refractivity contribution < 1.29 is 4.74 Å². The maximum atomic E-state index is 6.02. The number of hydrogen-bond donors (Lipinski definition) is 0. The average molecular weight is 382 g/mol. The van der Waals surface area contributed by atoms with E-state index in [1.807, 2.05) is 36.4 Å². The number of rotatable bonds is 3. The van der Waals surface area contributed by atoms with Crippen molar-refractivity contribution in [3.8, 4) is 22.8 Å². The highest BCUT2D eigenvalue weighted by Crippen LogP contribution is 2.32. The minimum atomic E-state index is 0.0568. The van der Waals surface area contributed by atoms with Gasteiger partial charge in [0.1, 0.15) is 5.75 Å². The molecule has 2 aromatic carbocycles. The first-order valence-electron chi connectivity index (χ1n) is 7.92. The Morgan fingerprint density at radius 2 is 1.62 bits per heavy atom. The predicted octanol–water partition coefficient (Wildman–Crippen LogP) is 6.60. The molecule has 0 spiro atoms. The van der Waals surface area contributed by atoms with Crippen LogP contribution in [0.25, 0.3) is 11.1 Å². The van der Waals surface area contributed by atoms with Crippen molar-refractivity contribution in [2.24, 2.45) is 0 Å². The zero-order chi connectivity index (χ0) is 17.2. The van der Waals surface area contributed by atoms with Crippen LogP contribution in [0.2, 0.25) is 0 Å². The number of ether oxygens (including phenoxy) is 1. The van der Waals surface area contributed by atoms with E-state index in [2.05, 4.69) is 66.0 Å². The molecule has 0 aliphatic carbocycles. The van der Waals surface area contributed by atoms with Crippen LogP contribution < -0.4 is 4.74 Å². The lowest BCUT2D eigenvalue weighted by atomic mass is 9.87. The Morgan fingerprint density at radius 3 is 2.33 bits per heavy atom. The highest BCUT2D eigenvalue weighted by Gasteiger charge is 2.16. The van der Waals surface area contributed by atoms with E-state index in [0.717, 1.165) is 21.3 Å². The second-order valence-corrected chi connectivity index (χ2v) is 7.69. The quantitative estimate of drug-likeness (QED) is 0.509. The monoisotopic (exact) mass is 381 g/mol. The van der Waals surface area contributed by atoms with Crippen molar-refractivity contribution in [1.82, 2.24) is 4.98 Å². The molecule has 0 atom stereocenters. The van der Waals surface area contributed by atoms with Crippen molar-refractivity contribution in [1.29, 1.82) is 0 Å². The van der Waals surface area contributed by atoms with Gasteiger partial charge in [0.25, 0.3) is 0 Å². The first-order chi connectivity index (χ1) is 11.4. The molecule has 3 heteroatoms. The zero-order valence-electron chi connectivity index (χ0n) is 14.1. The number of hydrogen-bond acceptors (Lipinski definition) is 2. The van der Waals surface area contributed by atoms with Gasteiger partial charge in [-0.25, -0.2) is 4.98 Å². The van der Waals surface area contributed by atoms with Gasteiger partial charge in [-0.05, 0) is 46.4 Å². The van der Waals surface area contributed by atoms with Gasteiger partial charge in [-0.2, -0.15) is 0 Å². The highest BCUT2D eigenvalue weighted by molar-refractivity contribution is 9.10. The van der Waals surface area contributed by atoms with Crippen molar-refractivity contribution in [3.63, 3.8) is 0 Å². The summed E-state index contributed by atoms with van der Waals surface area (Å²) in [4.78, 5) is 4.34. The van der Waals surface area contributed by atoms with Crippen LogP contribution in [0.1, 0.15) is 26.3 Å². The first-order valence-corrected chi connectivity index (χ1v) is 8.71. The van der Waals surface area contributed by atoms with Gasteiger partial charge in [-0.3, -0.25) is 0 Å². The van der Waals surface area contributed by atoms with E-state index in [0.29, 0.717) is 5.88 Å². The van der Waals surface area contributed by atoms with Crippen molar-refractivity contribution >= 4 is 15.9 Å². The minimum absolute atomic E-state index is 0.0568. The van der Waals surface area contributed by atoms with Crippen molar-refractivity contribution in [2.75, 3.05) is 0 Å². The fraction of sp³-hybridized carbons (Fsp3) is 0.190. The molecule has 0 saturated heterocycles. The van der Waals surface area contributed by atoms with Gasteiger partial charge >= 0.3 is 0 Å². The van der Waals surface area contributed by atoms with Crippen LogP contribution in [-0.2, 0) is 5.41 Å². The van der Waals surface area contributed by atoms with Gasteiger partial charge in [0, 0.05) is 16.7 Å². The summed E-state index contributed by atoms with van der Waals surface area (Å²) in [7, 11) is 0. The summed E-state index contributed by atoms with van der Waals surface area (Å²) in [5.41, 5.74) is 3.51. The molecule has 0 N–H and O–H groups in total. The Morgan fingerprint density at radius 1 is 0.875 bits per heavy atom. The number of aromatic nitrogens is 1. The molecular formula is C21H20BrNO. The zero-order valence-corrected chi connectivity index (χ0v) is 15.7. The molecule has 0 unspecified atom stereocenters. The lowest BCUT2D eigenvalue weighted by Gasteiger charge is -2.20. The van der Waals surface area contributed by atoms with Gasteiger partial charge in [0.05, 0.1) is 0 Å². The average Bonchev–Trinajstić information content (AvgIpc) is 2.54. The van der Waals surface area contributed by atoms with E-state index in [1.54, 1.807) is 6.20 Å². The molecule has 0 amide bonds. The second-order valence-electron chi connectivity index (χ2n) is 6.78. The summed E-state index contributed by atoms with van der Waals surface area (Å²) in [6.07, 6.45) is 1.78. The van der Waals surface area contributed by atoms with Crippen LogP contribution in [0.4, 0.5) is 0 Å². The maximum absolute atomic E-state index is 6.02. The Hall–Kier alpha value is -2.13. The van der Waals surface area contributed by atoms with E-state index >= 15 is 0 Å². The van der Waals surface area contributed by atoms with E-state index in [1.165, 1.54) is 5.56 Å². The molecular weight excluding hydrogens is 362 g/mol. The molecule has 24 heavy (non-hydrogen) atoms. The third-order valence-corrected chi connectivity index (χ3v) is 4.26. The third kappa shape index (κ3) is 4.04. The van der Waals surface area contributed by atoms with Crippen LogP contribution in [-0.4, -0.2) is 4.98 Å². The van der Waals surface area contributed by atoms with Gasteiger partial charge in [0.15, 0.2) is 0 Å². The molecule has 0 saturated carbocycles. The van der Waals surface area contributed by atoms with Crippen LogP contribution in [0.3, 0.4) is 0 Å². The summed E-state index contributed by atoms with van der Waals surface area (Å²) >= 11 is 3.57. The van der Waals surface area contributed by atoms with E-state index in [4.69, 9.17) is 4.74 Å². The summed E-state index contributed by atoms with van der Waals surface area (Å²) in [5.74, 6) is 1.38. The molecule has 122 valence electrons. The lowest BCUT2D eigenvalue weighted by Crippen LogP contribution is -2.11. The largest absolute Gasteiger partial charge is 0.439 e. The highest BCUT2D eigenvalue weighted by atomic mass is 79.9. The van der Waals surface area contributed by atoms with E-state index < -0.39 is 0 Å². The van der Waals surface area contributed by atoms with Crippen LogP contribution in [0, 0.1) is 0 Å². The fourth-order valence-corrected chi connectivity index (χ4v) is 2.92. The topological polar surface area (TPSA) is 22.1 Å². The molecule has 0 bridgehead atoms. The van der Waals surface area contributed by atoms with Gasteiger partial charge in [-0.15, -0.1) is 0 Å². The summed E-state index contributed by atoms with van der Waals surface area (Å²) < 4.78 is 7.02. The number of benzene rings is 2. The van der Waals surface area contributed by atoms with E-state index in [9.17, 15) is 0 Å². The molecule has 0 aliphatic rings. The van der Waals surface area contributed by atoms with E-state index in [-0.39, 0.29) is 5.41 Å². The molecule has 0 radical (unpaired) electrons. The molecule has 2 nitrogen and oxygen atoms in total. The normalized spacial score (nSPS) is 11.3. The smallest absolute Gasteiger partial charge is 0.219 e. The predicted molar refractivity (Wildman–Crippen MR) is 103 cm³/mol. The number of nitrogens with zero attached hydrogens (tertiary/aromatic N) is 1. The molecule has 0 fully saturated rings. The molecule has 3 rings (SSSR count). The van der Waals surface area contributed by atoms with Crippen LogP contribution in [0.15, 0.2) is 71.3 Å². The minimum Gasteiger partial charge on any atom is -0.439 e. The Labute approximate surface area is 151 Å². The second kappa shape index (κ2) is 6.78. The first kappa shape index (κ1) is 16.7. The van der Waals surface area contributed by atoms with Crippen molar-refractivity contribution in [2.45, 2.75) is 26.2 Å². The van der Waals surface area contributed by atoms with Gasteiger partial charge < -0.3 is 4.74 Å². The molecule has 1 aromatic heterocycles. The van der Waals surface area contributed by atoms with Crippen LogP contribution in [0.5, 0.6) is 11.6 Å². The summed E-state index contributed by atoms with van der Waals surface area (Å²) in [6, 6.07) is 20.3. The number of pyridine rings is 1. The Bertz CT molecular complexity index is 838. The lowest BCUT2D eigenvalue weighted by molar-refractivity contribution is 0.459. The van der Waals surface area contributed by atoms with Gasteiger partial charge in [0.2, 0.25) is 5.88 Å². The third-order valence-electron chi connectivity index (χ3n) is 3.80. The maximum Gasteiger partial charge on any atom is 0.219 e. The number of halogens is 1. The SMILES string of the molecule is CC(C)(C)c1cc(Br)cc(Oc2cc(-c3ccccc3)ccn2)c1. The molecule has 0 aliphatic heterocycles. The Kier molecular flexibility index (Phi) is 4.72.